The summed E-state index contributed by atoms with van der Waals surface area (Å²) in [6.45, 7) is 0. The average Bonchev–Trinajstić information content (AvgIpc) is 2.50. The van der Waals surface area contributed by atoms with Crippen LogP contribution in [-0.2, 0) is 33.5 Å². The molecule has 0 fully saturated rings. The van der Waals surface area contributed by atoms with Crippen molar-refractivity contribution in [3.8, 4) is 0 Å². The molecule has 2 amide bonds. The number of halogens is 6. The first-order chi connectivity index (χ1) is 12.9. The van der Waals surface area contributed by atoms with Crippen molar-refractivity contribution in [3.05, 3.63) is 0 Å². The highest BCUT2D eigenvalue weighted by atomic mass is 19.4. The second kappa shape index (κ2) is 9.69. The van der Waals surface area contributed by atoms with Gasteiger partial charge in [0.2, 0.25) is 0 Å². The minimum Gasteiger partial charge on any atom is -0.481 e. The zero-order chi connectivity index (χ0) is 23.2. The van der Waals surface area contributed by atoms with E-state index >= 15 is 0 Å². The molecule has 11 nitrogen and oxygen atoms in total. The monoisotopic (exact) mass is 440 g/mol. The van der Waals surface area contributed by atoms with Gasteiger partial charge in [-0.2, -0.15) is 26.3 Å². The number of hydrogen-bond acceptors (Lipinski definition) is 7. The van der Waals surface area contributed by atoms with E-state index in [0.717, 1.165) is 10.6 Å². The Labute approximate surface area is 155 Å². The largest absolute Gasteiger partial charge is 0.481 e. The molecule has 17 heteroatoms. The molecule has 0 unspecified atom stereocenters. The molecule has 0 radical (unpaired) electrons. The summed E-state index contributed by atoms with van der Waals surface area (Å²) in [6.07, 6.45) is -14.2. The van der Waals surface area contributed by atoms with Crippen LogP contribution in [0.25, 0.3) is 0 Å². The SMILES string of the molecule is O=C(O)C[C@H](NC(=O)C(F)(F)F)C(=O)OC(=O)[C@H](CC(=O)O)NC(=O)C(F)(F)F. The number of aliphatic carboxylic acids is 2. The highest BCUT2D eigenvalue weighted by Gasteiger charge is 2.44. The van der Waals surface area contributed by atoms with Crippen molar-refractivity contribution in [2.24, 2.45) is 0 Å². The van der Waals surface area contributed by atoms with Crippen molar-refractivity contribution in [1.82, 2.24) is 10.6 Å². The molecule has 0 saturated carbocycles. The van der Waals surface area contributed by atoms with Gasteiger partial charge in [0.1, 0.15) is 12.1 Å². The molecule has 0 heterocycles. The highest BCUT2D eigenvalue weighted by molar-refractivity contribution is 5.98. The first kappa shape index (κ1) is 25.6. The van der Waals surface area contributed by atoms with E-state index in [1.165, 1.54) is 0 Å². The zero-order valence-electron chi connectivity index (χ0n) is 13.6. The van der Waals surface area contributed by atoms with Gasteiger partial charge in [-0.25, -0.2) is 9.59 Å². The van der Waals surface area contributed by atoms with E-state index in [1.807, 2.05) is 0 Å². The lowest BCUT2D eigenvalue weighted by Gasteiger charge is -2.19. The Balaban J connectivity index is 5.42. The second-order valence-electron chi connectivity index (χ2n) is 4.98. The number of nitrogens with one attached hydrogen (secondary N) is 2. The number of carboxylic acids is 2. The lowest BCUT2D eigenvalue weighted by Crippen LogP contribution is -2.52. The van der Waals surface area contributed by atoms with Crippen molar-refractivity contribution in [1.29, 1.82) is 0 Å². The molecule has 0 aliphatic carbocycles. The van der Waals surface area contributed by atoms with Gasteiger partial charge in [-0.15, -0.1) is 0 Å². The maximum atomic E-state index is 12.2. The summed E-state index contributed by atoms with van der Waals surface area (Å²) in [6, 6.07) is -5.23. The molecule has 0 rings (SSSR count). The normalized spacial score (nSPS) is 13.6. The minimum absolute atomic E-state index is 0.883. The van der Waals surface area contributed by atoms with E-state index in [2.05, 4.69) is 4.74 Å². The van der Waals surface area contributed by atoms with Crippen LogP contribution in [0, 0.1) is 0 Å². The summed E-state index contributed by atoms with van der Waals surface area (Å²) in [4.78, 5) is 66.1. The maximum Gasteiger partial charge on any atom is 0.471 e. The molecular weight excluding hydrogens is 430 g/mol. The number of ether oxygens (including phenoxy) is 1. The Morgan fingerprint density at radius 2 is 0.966 bits per heavy atom. The van der Waals surface area contributed by atoms with Crippen LogP contribution in [0.4, 0.5) is 26.3 Å². The molecule has 0 aliphatic heterocycles. The van der Waals surface area contributed by atoms with Gasteiger partial charge in [0.25, 0.3) is 0 Å². The fraction of sp³-hybridized carbons (Fsp3) is 0.500. The number of hydrogen-bond donors (Lipinski definition) is 4. The van der Waals surface area contributed by atoms with Crippen molar-refractivity contribution in [2.45, 2.75) is 37.3 Å². The van der Waals surface area contributed by atoms with Crippen molar-refractivity contribution in [3.63, 3.8) is 0 Å². The summed E-state index contributed by atoms with van der Waals surface area (Å²) < 4.78 is 77.0. The summed E-state index contributed by atoms with van der Waals surface area (Å²) >= 11 is 0. The second-order valence-corrected chi connectivity index (χ2v) is 4.98. The van der Waals surface area contributed by atoms with Gasteiger partial charge >= 0.3 is 48.0 Å². The van der Waals surface area contributed by atoms with E-state index in [1.54, 1.807) is 0 Å². The van der Waals surface area contributed by atoms with Crippen LogP contribution in [0.15, 0.2) is 0 Å². The fourth-order valence-electron chi connectivity index (χ4n) is 1.46. The third-order valence-corrected chi connectivity index (χ3v) is 2.65. The van der Waals surface area contributed by atoms with Crippen molar-refractivity contribution >= 4 is 35.7 Å². The summed E-state index contributed by atoms with van der Waals surface area (Å²) in [5.41, 5.74) is 0. The predicted octanol–water partition coefficient (Wildman–Crippen LogP) is -0.900. The Morgan fingerprint density at radius 1 is 0.690 bits per heavy atom. The Kier molecular flexibility index (Phi) is 8.56. The number of carboxylic acid groups (broad SMARTS) is 2. The van der Waals surface area contributed by atoms with Gasteiger partial charge in [0.15, 0.2) is 0 Å². The number of rotatable bonds is 8. The van der Waals surface area contributed by atoms with Gasteiger partial charge < -0.3 is 25.6 Å². The number of carbonyl (C=O) groups excluding carboxylic acids is 4. The first-order valence-corrected chi connectivity index (χ1v) is 6.89. The molecule has 29 heavy (non-hydrogen) atoms. The predicted molar refractivity (Wildman–Crippen MR) is 71.6 cm³/mol. The summed E-state index contributed by atoms with van der Waals surface area (Å²) in [5, 5.41) is 18.8. The van der Waals surface area contributed by atoms with E-state index < -0.39 is 73.0 Å². The van der Waals surface area contributed by atoms with Crippen molar-refractivity contribution < 1.29 is 70.1 Å². The molecule has 0 aromatic carbocycles. The average molecular weight is 440 g/mol. The van der Waals surface area contributed by atoms with Gasteiger partial charge in [-0.3, -0.25) is 19.2 Å². The Morgan fingerprint density at radius 3 is 1.17 bits per heavy atom. The quantitative estimate of drug-likeness (QED) is 0.212. The van der Waals surface area contributed by atoms with Crippen LogP contribution in [-0.4, -0.2) is 70.3 Å². The summed E-state index contributed by atoms with van der Waals surface area (Å²) in [7, 11) is 0. The van der Waals surface area contributed by atoms with Gasteiger partial charge in [0, 0.05) is 0 Å². The zero-order valence-corrected chi connectivity index (χ0v) is 13.6. The van der Waals surface area contributed by atoms with E-state index in [-0.39, 0.29) is 0 Å². The number of carbonyl (C=O) groups is 6. The third kappa shape index (κ3) is 9.38. The molecule has 0 aliphatic rings. The molecule has 0 bridgehead atoms. The maximum absolute atomic E-state index is 12.2. The number of esters is 2. The van der Waals surface area contributed by atoms with E-state index in [9.17, 15) is 55.1 Å². The Hall–Kier alpha value is -3.40. The number of amides is 2. The minimum atomic E-state index is -5.58. The van der Waals surface area contributed by atoms with Crippen LogP contribution < -0.4 is 10.6 Å². The van der Waals surface area contributed by atoms with E-state index in [4.69, 9.17) is 10.2 Å². The molecule has 0 saturated heterocycles. The van der Waals surface area contributed by atoms with Gasteiger partial charge in [0.05, 0.1) is 12.8 Å². The van der Waals surface area contributed by atoms with E-state index in [0.29, 0.717) is 0 Å². The van der Waals surface area contributed by atoms with Crippen LogP contribution in [0.3, 0.4) is 0 Å². The van der Waals surface area contributed by atoms with Gasteiger partial charge in [-0.05, 0) is 0 Å². The third-order valence-electron chi connectivity index (χ3n) is 2.65. The topological polar surface area (TPSA) is 176 Å². The van der Waals surface area contributed by atoms with Crippen molar-refractivity contribution in [2.75, 3.05) is 0 Å². The summed E-state index contributed by atoms with van der Waals surface area (Å²) in [5.74, 6) is -13.8. The lowest BCUT2D eigenvalue weighted by molar-refractivity contribution is -0.179. The standard InChI is InChI=1S/C12H10F6N2O9/c13-11(14,15)9(27)19-3(1-5(21)22)7(25)29-8(26)4(2-6(23)24)20-10(28)12(16,17)18/h3-4H,1-2H2,(H,19,27)(H,20,28)(H,21,22)(H,23,24)/t3-,4-/m0/s1. The van der Waals surface area contributed by atoms with Crippen LogP contribution in [0.5, 0.6) is 0 Å². The van der Waals surface area contributed by atoms with Gasteiger partial charge in [-0.1, -0.05) is 0 Å². The van der Waals surface area contributed by atoms with Crippen LogP contribution in [0.2, 0.25) is 0 Å². The lowest BCUT2D eigenvalue weighted by atomic mass is 10.2. The highest BCUT2D eigenvalue weighted by Crippen LogP contribution is 2.16. The molecule has 0 aromatic rings. The smallest absolute Gasteiger partial charge is 0.471 e. The van der Waals surface area contributed by atoms with Crippen LogP contribution >= 0.6 is 0 Å². The molecule has 2 atom stereocenters. The molecule has 0 aromatic heterocycles. The molecule has 0 spiro atoms. The molecular formula is C12H10F6N2O9. The molecule has 164 valence electrons. The van der Waals surface area contributed by atoms with Crippen LogP contribution in [0.1, 0.15) is 12.8 Å². The number of alkyl halides is 6. The molecule has 4 N–H and O–H groups in total. The fourth-order valence-corrected chi connectivity index (χ4v) is 1.46. The first-order valence-electron chi connectivity index (χ1n) is 6.89. The Bertz CT molecular complexity index is 645.